The number of ether oxygens (including phenoxy) is 4. The van der Waals surface area contributed by atoms with Gasteiger partial charge in [-0.3, -0.25) is 4.79 Å². The molecular formula is C21H21NO5. The summed E-state index contributed by atoms with van der Waals surface area (Å²) in [6.45, 7) is 0.890. The third-order valence-corrected chi connectivity index (χ3v) is 4.89. The summed E-state index contributed by atoms with van der Waals surface area (Å²) < 4.78 is 22.1. The van der Waals surface area contributed by atoms with Crippen LogP contribution in [0.2, 0.25) is 0 Å². The molecule has 0 atom stereocenters. The van der Waals surface area contributed by atoms with Gasteiger partial charge < -0.3 is 23.8 Å². The number of fused-ring (bicyclic) bond motifs is 1. The van der Waals surface area contributed by atoms with Crippen molar-refractivity contribution < 1.29 is 23.7 Å². The van der Waals surface area contributed by atoms with Gasteiger partial charge in [0.1, 0.15) is 11.5 Å². The monoisotopic (exact) mass is 367 g/mol. The minimum absolute atomic E-state index is 0.00764. The Balaban J connectivity index is 1.57. The van der Waals surface area contributed by atoms with E-state index < -0.39 is 0 Å². The van der Waals surface area contributed by atoms with Gasteiger partial charge in [-0.25, -0.2) is 0 Å². The van der Waals surface area contributed by atoms with Gasteiger partial charge in [-0.2, -0.15) is 0 Å². The molecule has 0 unspecified atom stereocenters. The lowest BCUT2D eigenvalue weighted by molar-refractivity contribution is -0.126. The molecule has 6 nitrogen and oxygen atoms in total. The molecule has 6 heteroatoms. The van der Waals surface area contributed by atoms with Gasteiger partial charge in [-0.15, -0.1) is 0 Å². The number of amides is 1. The number of rotatable bonds is 5. The lowest BCUT2D eigenvalue weighted by Crippen LogP contribution is -2.27. The molecule has 2 heterocycles. The van der Waals surface area contributed by atoms with Crippen LogP contribution < -0.4 is 18.9 Å². The topological polar surface area (TPSA) is 57.2 Å². The highest BCUT2D eigenvalue weighted by atomic mass is 16.5. The molecule has 0 saturated carbocycles. The molecular weight excluding hydrogens is 346 g/mol. The zero-order valence-corrected chi connectivity index (χ0v) is 15.6. The minimum atomic E-state index is 0.00764. The second-order valence-electron chi connectivity index (χ2n) is 6.48. The number of carbonyl (C=O) groups is 1. The highest BCUT2D eigenvalue weighted by Crippen LogP contribution is 2.39. The van der Waals surface area contributed by atoms with E-state index in [1.807, 2.05) is 36.4 Å². The van der Waals surface area contributed by atoms with Crippen molar-refractivity contribution in [1.82, 2.24) is 4.90 Å². The molecule has 0 fully saturated rings. The number of para-hydroxylation sites is 1. The largest absolute Gasteiger partial charge is 0.493 e. The molecule has 0 aromatic heterocycles. The number of hydrogen-bond donors (Lipinski definition) is 0. The standard InChI is InChI=1S/C21H21NO5/c1-24-17-8-13(9-18(25-2)20(17)26-3)11-22-12-19-15(21(22)23)10-14-6-4-5-7-16(14)27-19/h4-9H,10-12H2,1-3H3. The SMILES string of the molecule is COc1cc(CN2CC3=C(Cc4ccccc4O3)C2=O)cc(OC)c1OC. The Hall–Kier alpha value is -3.15. The summed E-state index contributed by atoms with van der Waals surface area (Å²) in [5.41, 5.74) is 2.68. The van der Waals surface area contributed by atoms with Crippen molar-refractivity contribution >= 4 is 5.91 Å². The Morgan fingerprint density at radius 2 is 1.74 bits per heavy atom. The van der Waals surface area contributed by atoms with Crippen LogP contribution in [-0.2, 0) is 17.8 Å². The molecule has 140 valence electrons. The van der Waals surface area contributed by atoms with Crippen LogP contribution in [-0.4, -0.2) is 38.7 Å². The van der Waals surface area contributed by atoms with Crippen molar-refractivity contribution in [2.75, 3.05) is 27.9 Å². The Kier molecular flexibility index (Phi) is 4.39. The normalized spacial score (nSPS) is 15.2. The minimum Gasteiger partial charge on any atom is -0.493 e. The number of benzene rings is 2. The van der Waals surface area contributed by atoms with Crippen LogP contribution in [0.25, 0.3) is 0 Å². The van der Waals surface area contributed by atoms with E-state index in [4.69, 9.17) is 18.9 Å². The zero-order chi connectivity index (χ0) is 19.0. The van der Waals surface area contributed by atoms with E-state index in [-0.39, 0.29) is 5.91 Å². The first-order valence-electron chi connectivity index (χ1n) is 8.70. The Morgan fingerprint density at radius 3 is 2.41 bits per heavy atom. The quantitative estimate of drug-likeness (QED) is 0.813. The van der Waals surface area contributed by atoms with Gasteiger partial charge in [0.25, 0.3) is 5.91 Å². The summed E-state index contributed by atoms with van der Waals surface area (Å²) in [7, 11) is 4.72. The van der Waals surface area contributed by atoms with E-state index in [2.05, 4.69) is 0 Å². The summed E-state index contributed by atoms with van der Waals surface area (Å²) in [5, 5.41) is 0. The van der Waals surface area contributed by atoms with E-state index >= 15 is 0 Å². The van der Waals surface area contributed by atoms with Crippen molar-refractivity contribution in [2.45, 2.75) is 13.0 Å². The molecule has 27 heavy (non-hydrogen) atoms. The molecule has 0 aliphatic carbocycles. The molecule has 0 bridgehead atoms. The van der Waals surface area contributed by atoms with Crippen LogP contribution in [0.1, 0.15) is 11.1 Å². The maximum Gasteiger partial charge on any atom is 0.254 e. The van der Waals surface area contributed by atoms with Gasteiger partial charge in [-0.05, 0) is 29.3 Å². The van der Waals surface area contributed by atoms with Crippen LogP contribution in [0.5, 0.6) is 23.0 Å². The fraction of sp³-hybridized carbons (Fsp3) is 0.286. The zero-order valence-electron chi connectivity index (χ0n) is 15.6. The highest BCUT2D eigenvalue weighted by Gasteiger charge is 2.35. The van der Waals surface area contributed by atoms with E-state index in [9.17, 15) is 4.79 Å². The van der Waals surface area contributed by atoms with E-state index in [1.165, 1.54) is 0 Å². The van der Waals surface area contributed by atoms with Crippen LogP contribution in [0.4, 0.5) is 0 Å². The summed E-state index contributed by atoms with van der Waals surface area (Å²) >= 11 is 0. The lowest BCUT2D eigenvalue weighted by Gasteiger charge is -2.19. The maximum atomic E-state index is 12.9. The molecule has 4 rings (SSSR count). The Morgan fingerprint density at radius 1 is 1.04 bits per heavy atom. The summed E-state index contributed by atoms with van der Waals surface area (Å²) in [5.74, 6) is 3.26. The van der Waals surface area contributed by atoms with Crippen molar-refractivity contribution in [2.24, 2.45) is 0 Å². The molecule has 2 aliphatic heterocycles. The summed E-state index contributed by atoms with van der Waals surface area (Å²) in [4.78, 5) is 14.7. The third-order valence-electron chi connectivity index (χ3n) is 4.89. The molecule has 0 spiro atoms. The molecule has 2 aliphatic rings. The van der Waals surface area contributed by atoms with Gasteiger partial charge in [0.2, 0.25) is 5.75 Å². The highest BCUT2D eigenvalue weighted by molar-refractivity contribution is 5.97. The second-order valence-corrected chi connectivity index (χ2v) is 6.48. The van der Waals surface area contributed by atoms with E-state index in [0.29, 0.717) is 36.8 Å². The molecule has 2 aromatic rings. The number of carbonyl (C=O) groups excluding carboxylic acids is 1. The van der Waals surface area contributed by atoms with Gasteiger partial charge >= 0.3 is 0 Å². The second kappa shape index (κ2) is 6.87. The fourth-order valence-electron chi connectivity index (χ4n) is 3.57. The van der Waals surface area contributed by atoms with Crippen LogP contribution >= 0.6 is 0 Å². The van der Waals surface area contributed by atoms with E-state index in [0.717, 1.165) is 28.2 Å². The van der Waals surface area contributed by atoms with Gasteiger partial charge in [0, 0.05) is 13.0 Å². The number of hydrogen-bond acceptors (Lipinski definition) is 5. The first-order chi connectivity index (χ1) is 13.1. The smallest absolute Gasteiger partial charge is 0.254 e. The van der Waals surface area contributed by atoms with Gasteiger partial charge in [-0.1, -0.05) is 18.2 Å². The van der Waals surface area contributed by atoms with Crippen molar-refractivity contribution in [3.05, 3.63) is 58.9 Å². The Labute approximate surface area is 157 Å². The average Bonchev–Trinajstić information content (AvgIpc) is 3.00. The third kappa shape index (κ3) is 2.97. The Bertz CT molecular complexity index is 909. The predicted octanol–water partition coefficient (Wildman–Crippen LogP) is 2.94. The number of methoxy groups -OCH3 is 3. The molecule has 0 saturated heterocycles. The van der Waals surface area contributed by atoms with Crippen molar-refractivity contribution in [3.8, 4) is 23.0 Å². The first kappa shape index (κ1) is 17.3. The van der Waals surface area contributed by atoms with Gasteiger partial charge in [0.05, 0.1) is 33.4 Å². The van der Waals surface area contributed by atoms with Crippen LogP contribution in [0.3, 0.4) is 0 Å². The molecule has 0 radical (unpaired) electrons. The van der Waals surface area contributed by atoms with E-state index in [1.54, 1.807) is 26.2 Å². The van der Waals surface area contributed by atoms with Crippen molar-refractivity contribution in [1.29, 1.82) is 0 Å². The fourth-order valence-corrected chi connectivity index (χ4v) is 3.57. The maximum absolute atomic E-state index is 12.9. The average molecular weight is 367 g/mol. The summed E-state index contributed by atoms with van der Waals surface area (Å²) in [6.07, 6.45) is 0.607. The first-order valence-corrected chi connectivity index (χ1v) is 8.70. The lowest BCUT2D eigenvalue weighted by atomic mass is 10.0. The predicted molar refractivity (Wildman–Crippen MR) is 99.3 cm³/mol. The molecule has 2 aromatic carbocycles. The van der Waals surface area contributed by atoms with Crippen LogP contribution in [0, 0.1) is 0 Å². The van der Waals surface area contributed by atoms with Crippen molar-refractivity contribution in [3.63, 3.8) is 0 Å². The number of nitrogens with zero attached hydrogens (tertiary/aromatic N) is 1. The van der Waals surface area contributed by atoms with Gasteiger partial charge in [0.15, 0.2) is 11.5 Å². The molecule has 1 amide bonds. The summed E-state index contributed by atoms with van der Waals surface area (Å²) in [6, 6.07) is 11.6. The molecule has 0 N–H and O–H groups in total. The van der Waals surface area contributed by atoms with Crippen LogP contribution in [0.15, 0.2) is 47.7 Å².